The van der Waals surface area contributed by atoms with E-state index < -0.39 is 0 Å². The molecule has 0 spiro atoms. The van der Waals surface area contributed by atoms with Gasteiger partial charge in [-0.2, -0.15) is 0 Å². The van der Waals surface area contributed by atoms with E-state index in [1.165, 1.54) is 12.8 Å². The molecule has 1 saturated carbocycles. The molecule has 2 aliphatic rings. The number of nitrogens with one attached hydrogen (secondary N) is 1. The Morgan fingerprint density at radius 3 is 2.61 bits per heavy atom. The molecule has 1 N–H and O–H groups in total. The number of amides is 1. The van der Waals surface area contributed by atoms with Crippen molar-refractivity contribution in [3.05, 3.63) is 47.2 Å². The van der Waals surface area contributed by atoms with E-state index in [1.807, 2.05) is 33.2 Å². The molecule has 0 radical (unpaired) electrons. The first-order chi connectivity index (χ1) is 14.9. The number of piperazine rings is 1. The maximum Gasteiger partial charge on any atom is 0.239 e. The number of hydrogen-bond donors (Lipinski definition) is 1. The summed E-state index contributed by atoms with van der Waals surface area (Å²) in [6, 6.07) is 7.06. The zero-order valence-corrected chi connectivity index (χ0v) is 18.8. The minimum absolute atomic E-state index is 0.0467. The van der Waals surface area contributed by atoms with Crippen molar-refractivity contribution in [2.24, 2.45) is 12.0 Å². The first-order valence-electron chi connectivity index (χ1n) is 11.0. The number of nitrogens with zero attached hydrogens (tertiary/aromatic N) is 5. The van der Waals surface area contributed by atoms with Crippen LogP contribution in [0.1, 0.15) is 29.8 Å². The highest BCUT2D eigenvalue weighted by Gasteiger charge is 2.31. The third-order valence-corrected chi connectivity index (χ3v) is 6.36. The SMILES string of the molecule is C=N/C(=C\c1cc(-c2cnc(C)n2C)ccc1C)NC(=O)CN1CCN(C2CC2)CC1. The number of aromatic nitrogens is 2. The van der Waals surface area contributed by atoms with Gasteiger partial charge in [-0.25, -0.2) is 9.98 Å². The lowest BCUT2D eigenvalue weighted by molar-refractivity contribution is -0.122. The summed E-state index contributed by atoms with van der Waals surface area (Å²) in [6.45, 7) is 12.1. The van der Waals surface area contributed by atoms with Gasteiger partial charge in [-0.1, -0.05) is 12.1 Å². The number of carbonyl (C=O) groups is 1. The molecule has 164 valence electrons. The van der Waals surface area contributed by atoms with Crippen molar-refractivity contribution in [3.63, 3.8) is 0 Å². The van der Waals surface area contributed by atoms with Crippen molar-refractivity contribution in [2.75, 3.05) is 32.7 Å². The number of carbonyl (C=O) groups excluding carboxylic acids is 1. The van der Waals surface area contributed by atoms with Gasteiger partial charge < -0.3 is 9.88 Å². The van der Waals surface area contributed by atoms with Gasteiger partial charge in [0, 0.05) is 44.8 Å². The second-order valence-corrected chi connectivity index (χ2v) is 8.60. The van der Waals surface area contributed by atoms with Crippen LogP contribution in [0.4, 0.5) is 0 Å². The highest BCUT2D eigenvalue weighted by atomic mass is 16.2. The predicted molar refractivity (Wildman–Crippen MR) is 125 cm³/mol. The molecular formula is C24H32N6O. The van der Waals surface area contributed by atoms with Crippen LogP contribution in [-0.4, -0.2) is 70.7 Å². The third-order valence-electron chi connectivity index (χ3n) is 6.36. The summed E-state index contributed by atoms with van der Waals surface area (Å²) in [7, 11) is 2.01. The zero-order chi connectivity index (χ0) is 22.0. The molecule has 1 aliphatic heterocycles. The largest absolute Gasteiger partial charge is 0.331 e. The van der Waals surface area contributed by atoms with Gasteiger partial charge in [-0.15, -0.1) is 0 Å². The average molecular weight is 421 g/mol. The van der Waals surface area contributed by atoms with Crippen LogP contribution in [0, 0.1) is 13.8 Å². The monoisotopic (exact) mass is 420 g/mol. The lowest BCUT2D eigenvalue weighted by atomic mass is 10.0. The quantitative estimate of drug-likeness (QED) is 0.700. The van der Waals surface area contributed by atoms with Crippen molar-refractivity contribution in [3.8, 4) is 11.3 Å². The Hall–Kier alpha value is -2.77. The molecule has 31 heavy (non-hydrogen) atoms. The molecule has 0 bridgehead atoms. The Labute approximate surface area is 184 Å². The fourth-order valence-electron chi connectivity index (χ4n) is 4.11. The fourth-order valence-corrected chi connectivity index (χ4v) is 4.11. The summed E-state index contributed by atoms with van der Waals surface area (Å²) in [5.41, 5.74) is 4.23. The summed E-state index contributed by atoms with van der Waals surface area (Å²) < 4.78 is 2.07. The van der Waals surface area contributed by atoms with E-state index in [0.29, 0.717) is 12.4 Å². The molecule has 7 nitrogen and oxygen atoms in total. The minimum Gasteiger partial charge on any atom is -0.331 e. The highest BCUT2D eigenvalue weighted by molar-refractivity contribution is 5.81. The number of benzene rings is 1. The van der Waals surface area contributed by atoms with Crippen LogP contribution in [0.2, 0.25) is 0 Å². The van der Waals surface area contributed by atoms with Crippen molar-refractivity contribution in [2.45, 2.75) is 32.7 Å². The van der Waals surface area contributed by atoms with Gasteiger partial charge >= 0.3 is 0 Å². The summed E-state index contributed by atoms with van der Waals surface area (Å²) in [5.74, 6) is 1.39. The second kappa shape index (κ2) is 9.16. The lowest BCUT2D eigenvalue weighted by Crippen LogP contribution is -2.49. The standard InChI is InChI=1S/C24H32N6O/c1-17-5-6-19(22-15-26-18(2)28(22)4)13-20(17)14-23(25-3)27-24(31)16-29-9-11-30(12-10-29)21-7-8-21/h5-6,13-15,21H,3,7-12,16H2,1-2,4H3,(H,27,31)/b23-14+. The molecule has 1 amide bonds. The molecule has 1 aromatic heterocycles. The molecule has 1 aliphatic carbocycles. The molecule has 0 unspecified atom stereocenters. The van der Waals surface area contributed by atoms with Crippen LogP contribution in [0.25, 0.3) is 17.3 Å². The molecule has 7 heteroatoms. The first-order valence-corrected chi connectivity index (χ1v) is 11.0. The first kappa shape index (κ1) is 21.5. The molecule has 4 rings (SSSR count). The second-order valence-electron chi connectivity index (χ2n) is 8.60. The Bertz CT molecular complexity index is 995. The van der Waals surface area contributed by atoms with Gasteiger partial charge in [0.25, 0.3) is 0 Å². The Kier molecular flexibility index (Phi) is 6.34. The minimum atomic E-state index is -0.0467. The fraction of sp³-hybridized carbons (Fsp3) is 0.458. The van der Waals surface area contributed by atoms with E-state index in [1.54, 1.807) is 0 Å². The smallest absolute Gasteiger partial charge is 0.239 e. The van der Waals surface area contributed by atoms with E-state index in [9.17, 15) is 4.79 Å². The van der Waals surface area contributed by atoms with E-state index in [-0.39, 0.29) is 5.91 Å². The average Bonchev–Trinajstić information content (AvgIpc) is 3.55. The molecule has 0 atom stereocenters. The molecule has 2 fully saturated rings. The van der Waals surface area contributed by atoms with Crippen molar-refractivity contribution in [1.29, 1.82) is 0 Å². The number of hydrogen-bond acceptors (Lipinski definition) is 5. The number of imidazole rings is 1. The number of aliphatic imine (C=N–C) groups is 1. The van der Waals surface area contributed by atoms with Gasteiger partial charge in [0.2, 0.25) is 5.91 Å². The van der Waals surface area contributed by atoms with Crippen LogP contribution in [0.5, 0.6) is 0 Å². The summed E-state index contributed by atoms with van der Waals surface area (Å²) >= 11 is 0. The van der Waals surface area contributed by atoms with Crippen LogP contribution >= 0.6 is 0 Å². The van der Waals surface area contributed by atoms with Crippen LogP contribution in [0.15, 0.2) is 35.2 Å². The predicted octanol–water partition coefficient (Wildman–Crippen LogP) is 2.60. The third kappa shape index (κ3) is 5.11. The Morgan fingerprint density at radius 1 is 1.26 bits per heavy atom. The summed E-state index contributed by atoms with van der Waals surface area (Å²) in [6.07, 6.45) is 6.43. The highest BCUT2D eigenvalue weighted by Crippen LogP contribution is 2.27. The van der Waals surface area contributed by atoms with Gasteiger partial charge in [0.05, 0.1) is 18.4 Å². The maximum absolute atomic E-state index is 12.6. The molecule has 2 heterocycles. The van der Waals surface area contributed by atoms with Crippen molar-refractivity contribution >= 4 is 18.7 Å². The molecule has 1 saturated heterocycles. The normalized spacial score (nSPS) is 18.2. The molecular weight excluding hydrogens is 388 g/mol. The van der Waals surface area contributed by atoms with Crippen molar-refractivity contribution < 1.29 is 4.79 Å². The van der Waals surface area contributed by atoms with Crippen LogP contribution in [-0.2, 0) is 11.8 Å². The van der Waals surface area contributed by atoms with Crippen LogP contribution in [0.3, 0.4) is 0 Å². The van der Waals surface area contributed by atoms with Gasteiger partial charge in [-0.05, 0) is 56.7 Å². The van der Waals surface area contributed by atoms with E-state index in [0.717, 1.165) is 60.4 Å². The van der Waals surface area contributed by atoms with E-state index in [2.05, 4.69) is 54.6 Å². The lowest BCUT2D eigenvalue weighted by Gasteiger charge is -2.34. The summed E-state index contributed by atoms with van der Waals surface area (Å²) in [4.78, 5) is 25.8. The summed E-state index contributed by atoms with van der Waals surface area (Å²) in [5, 5.41) is 2.93. The van der Waals surface area contributed by atoms with E-state index in [4.69, 9.17) is 0 Å². The van der Waals surface area contributed by atoms with Crippen LogP contribution < -0.4 is 5.32 Å². The maximum atomic E-state index is 12.6. The van der Waals surface area contributed by atoms with Gasteiger partial charge in [0.15, 0.2) is 0 Å². The van der Waals surface area contributed by atoms with Crippen molar-refractivity contribution in [1.82, 2.24) is 24.7 Å². The zero-order valence-electron chi connectivity index (χ0n) is 18.8. The molecule has 1 aromatic carbocycles. The Balaban J connectivity index is 1.41. The Morgan fingerprint density at radius 2 is 2.00 bits per heavy atom. The topological polar surface area (TPSA) is 65.8 Å². The van der Waals surface area contributed by atoms with Gasteiger partial charge in [0.1, 0.15) is 11.6 Å². The van der Waals surface area contributed by atoms with Gasteiger partial charge in [-0.3, -0.25) is 14.6 Å². The number of rotatable bonds is 7. The molecule has 2 aromatic rings. The van der Waals surface area contributed by atoms with E-state index >= 15 is 0 Å². The number of aryl methyl sites for hydroxylation is 2.